The van der Waals surface area contributed by atoms with Crippen molar-refractivity contribution < 1.29 is 4.79 Å². The third kappa shape index (κ3) is 4.67. The van der Waals surface area contributed by atoms with Crippen molar-refractivity contribution >= 4 is 5.91 Å². The Labute approximate surface area is 115 Å². The van der Waals surface area contributed by atoms with E-state index in [0.717, 1.165) is 18.7 Å². The van der Waals surface area contributed by atoms with Crippen molar-refractivity contribution in [1.82, 2.24) is 14.7 Å². The average Bonchev–Trinajstić information content (AvgIpc) is 2.71. The molecule has 5 heteroatoms. The molecule has 19 heavy (non-hydrogen) atoms. The number of hydrogen-bond donors (Lipinski definition) is 1. The minimum atomic E-state index is -0.619. The summed E-state index contributed by atoms with van der Waals surface area (Å²) in [7, 11) is 1.82. The molecule has 0 aliphatic rings. The van der Waals surface area contributed by atoms with E-state index < -0.39 is 6.04 Å². The zero-order valence-electron chi connectivity index (χ0n) is 12.6. The van der Waals surface area contributed by atoms with E-state index in [2.05, 4.69) is 32.8 Å². The number of carbonyl (C=O) groups excluding carboxylic acids is 1. The van der Waals surface area contributed by atoms with Gasteiger partial charge in [-0.05, 0) is 11.8 Å². The van der Waals surface area contributed by atoms with Gasteiger partial charge in [0.05, 0.1) is 6.20 Å². The van der Waals surface area contributed by atoms with Crippen LogP contribution in [0.1, 0.15) is 39.3 Å². The van der Waals surface area contributed by atoms with Gasteiger partial charge in [0, 0.05) is 31.9 Å². The molecule has 108 valence electrons. The van der Waals surface area contributed by atoms with Crippen LogP contribution in [-0.2, 0) is 11.8 Å². The molecule has 0 saturated heterocycles. The largest absolute Gasteiger partial charge is 0.341 e. The van der Waals surface area contributed by atoms with Gasteiger partial charge in [0.15, 0.2) is 0 Å². The molecule has 0 saturated carbocycles. The van der Waals surface area contributed by atoms with Crippen LogP contribution in [0.5, 0.6) is 0 Å². The zero-order chi connectivity index (χ0) is 14.6. The van der Waals surface area contributed by atoms with Gasteiger partial charge >= 0.3 is 0 Å². The molecule has 0 aromatic carbocycles. The highest BCUT2D eigenvalue weighted by atomic mass is 16.2. The molecule has 5 nitrogen and oxygen atoms in total. The Bertz CT molecular complexity index is 401. The topological polar surface area (TPSA) is 64.2 Å². The van der Waals surface area contributed by atoms with Gasteiger partial charge in [-0.15, -0.1) is 0 Å². The maximum Gasteiger partial charge on any atom is 0.244 e. The number of rotatable bonds is 6. The zero-order valence-corrected chi connectivity index (χ0v) is 12.6. The lowest BCUT2D eigenvalue weighted by molar-refractivity contribution is -0.133. The molecule has 1 amide bonds. The summed E-state index contributed by atoms with van der Waals surface area (Å²) in [6, 6.07) is -0.619. The summed E-state index contributed by atoms with van der Waals surface area (Å²) < 4.78 is 1.66. The number of hydrogen-bond acceptors (Lipinski definition) is 3. The van der Waals surface area contributed by atoms with Crippen molar-refractivity contribution in [1.29, 1.82) is 0 Å². The first-order chi connectivity index (χ1) is 8.81. The van der Waals surface area contributed by atoms with Crippen LogP contribution in [0.3, 0.4) is 0 Å². The Morgan fingerprint density at radius 1 is 1.32 bits per heavy atom. The molecule has 1 aromatic heterocycles. The SMILES string of the molecule is CC(C)CN(CC(C)C)C(=O)C(N)c1cnn(C)c1. The third-order valence-electron chi connectivity index (χ3n) is 2.83. The van der Waals surface area contributed by atoms with E-state index >= 15 is 0 Å². The van der Waals surface area contributed by atoms with Gasteiger partial charge < -0.3 is 10.6 Å². The van der Waals surface area contributed by atoms with E-state index in [1.807, 2.05) is 11.9 Å². The molecule has 0 radical (unpaired) electrons. The molecule has 0 spiro atoms. The Hall–Kier alpha value is -1.36. The summed E-state index contributed by atoms with van der Waals surface area (Å²) in [4.78, 5) is 14.4. The molecule has 0 aliphatic carbocycles. The number of aryl methyl sites for hydroxylation is 1. The van der Waals surface area contributed by atoms with E-state index in [4.69, 9.17) is 5.73 Å². The highest BCUT2D eigenvalue weighted by molar-refractivity contribution is 5.83. The quantitative estimate of drug-likeness (QED) is 0.850. The van der Waals surface area contributed by atoms with E-state index in [1.54, 1.807) is 17.1 Å². The summed E-state index contributed by atoms with van der Waals surface area (Å²) in [5.41, 5.74) is 6.83. The van der Waals surface area contributed by atoms with E-state index in [-0.39, 0.29) is 5.91 Å². The number of nitrogens with zero attached hydrogens (tertiary/aromatic N) is 3. The fourth-order valence-electron chi connectivity index (χ4n) is 2.08. The van der Waals surface area contributed by atoms with Gasteiger partial charge in [-0.2, -0.15) is 5.10 Å². The van der Waals surface area contributed by atoms with Crippen LogP contribution in [0.4, 0.5) is 0 Å². The van der Waals surface area contributed by atoms with E-state index in [0.29, 0.717) is 11.8 Å². The van der Waals surface area contributed by atoms with Crippen LogP contribution in [0, 0.1) is 11.8 Å². The Balaban J connectivity index is 2.80. The molecular weight excluding hydrogens is 240 g/mol. The molecule has 0 aliphatic heterocycles. The van der Waals surface area contributed by atoms with Gasteiger partial charge in [0.1, 0.15) is 6.04 Å². The van der Waals surface area contributed by atoms with Crippen LogP contribution in [0.2, 0.25) is 0 Å². The summed E-state index contributed by atoms with van der Waals surface area (Å²) in [5.74, 6) is 0.850. The van der Waals surface area contributed by atoms with Crippen LogP contribution in [0.25, 0.3) is 0 Å². The molecule has 1 atom stereocenters. The van der Waals surface area contributed by atoms with Crippen molar-refractivity contribution in [3.8, 4) is 0 Å². The van der Waals surface area contributed by atoms with Crippen molar-refractivity contribution in [2.75, 3.05) is 13.1 Å². The maximum atomic E-state index is 12.5. The molecule has 0 fully saturated rings. The lowest BCUT2D eigenvalue weighted by atomic mass is 10.1. The third-order valence-corrected chi connectivity index (χ3v) is 2.83. The Morgan fingerprint density at radius 3 is 2.21 bits per heavy atom. The second-order valence-electron chi connectivity index (χ2n) is 5.96. The van der Waals surface area contributed by atoms with Crippen molar-refractivity contribution in [2.45, 2.75) is 33.7 Å². The van der Waals surface area contributed by atoms with Gasteiger partial charge in [0.2, 0.25) is 5.91 Å². The molecule has 1 heterocycles. The normalized spacial score (nSPS) is 13.1. The first-order valence-corrected chi connectivity index (χ1v) is 6.84. The fraction of sp³-hybridized carbons (Fsp3) is 0.714. The number of aromatic nitrogens is 2. The maximum absolute atomic E-state index is 12.5. The molecule has 0 bridgehead atoms. The minimum Gasteiger partial charge on any atom is -0.341 e. The average molecular weight is 266 g/mol. The molecule has 2 N–H and O–H groups in total. The van der Waals surface area contributed by atoms with E-state index in [9.17, 15) is 4.79 Å². The van der Waals surface area contributed by atoms with Gasteiger partial charge in [-0.25, -0.2) is 0 Å². The monoisotopic (exact) mass is 266 g/mol. The summed E-state index contributed by atoms with van der Waals surface area (Å²) in [5, 5.41) is 4.07. The predicted octanol–water partition coefficient (Wildman–Crippen LogP) is 1.56. The van der Waals surface area contributed by atoms with E-state index in [1.165, 1.54) is 0 Å². The predicted molar refractivity (Wildman–Crippen MR) is 76.4 cm³/mol. The first kappa shape index (κ1) is 15.7. The molecular formula is C14H26N4O. The second kappa shape index (κ2) is 6.70. The van der Waals surface area contributed by atoms with Crippen LogP contribution < -0.4 is 5.73 Å². The number of nitrogens with two attached hydrogens (primary N) is 1. The standard InChI is InChI=1S/C14H26N4O/c1-10(2)7-18(8-11(3)4)14(19)13(15)12-6-16-17(5)9-12/h6,9-11,13H,7-8,15H2,1-5H3. The lowest BCUT2D eigenvalue weighted by Gasteiger charge is -2.28. The number of carbonyl (C=O) groups is 1. The lowest BCUT2D eigenvalue weighted by Crippen LogP contribution is -2.42. The summed E-state index contributed by atoms with van der Waals surface area (Å²) in [6.45, 7) is 9.91. The Kier molecular flexibility index (Phi) is 5.54. The molecule has 1 rings (SSSR count). The van der Waals surface area contributed by atoms with Crippen LogP contribution in [-0.4, -0.2) is 33.7 Å². The fourth-order valence-corrected chi connectivity index (χ4v) is 2.08. The van der Waals surface area contributed by atoms with Crippen LogP contribution >= 0.6 is 0 Å². The Morgan fingerprint density at radius 2 is 1.84 bits per heavy atom. The second-order valence-corrected chi connectivity index (χ2v) is 5.96. The minimum absolute atomic E-state index is 0.0181. The van der Waals surface area contributed by atoms with Crippen molar-refractivity contribution in [3.05, 3.63) is 18.0 Å². The number of amides is 1. The van der Waals surface area contributed by atoms with Gasteiger partial charge in [0.25, 0.3) is 0 Å². The summed E-state index contributed by atoms with van der Waals surface area (Å²) in [6.07, 6.45) is 3.46. The smallest absolute Gasteiger partial charge is 0.244 e. The molecule has 1 aromatic rings. The highest BCUT2D eigenvalue weighted by Crippen LogP contribution is 2.14. The first-order valence-electron chi connectivity index (χ1n) is 6.84. The van der Waals surface area contributed by atoms with Crippen LogP contribution in [0.15, 0.2) is 12.4 Å². The molecule has 1 unspecified atom stereocenters. The highest BCUT2D eigenvalue weighted by Gasteiger charge is 2.24. The van der Waals surface area contributed by atoms with Crippen molar-refractivity contribution in [3.63, 3.8) is 0 Å². The van der Waals surface area contributed by atoms with Gasteiger partial charge in [-0.1, -0.05) is 27.7 Å². The van der Waals surface area contributed by atoms with Crippen molar-refractivity contribution in [2.24, 2.45) is 24.6 Å². The summed E-state index contributed by atoms with van der Waals surface area (Å²) >= 11 is 0. The van der Waals surface area contributed by atoms with Gasteiger partial charge in [-0.3, -0.25) is 9.48 Å².